The summed E-state index contributed by atoms with van der Waals surface area (Å²) >= 11 is 11.9. The van der Waals surface area contributed by atoms with Gasteiger partial charge < -0.3 is 4.74 Å². The molecule has 2 aromatic carbocycles. The third-order valence-electron chi connectivity index (χ3n) is 2.98. The van der Waals surface area contributed by atoms with Crippen LogP contribution in [0.25, 0.3) is 11.1 Å². The van der Waals surface area contributed by atoms with Crippen LogP contribution in [0.5, 0.6) is 5.75 Å². The average molecular weight is 283 g/mol. The summed E-state index contributed by atoms with van der Waals surface area (Å²) in [5, 5.41) is 0.744. The van der Waals surface area contributed by atoms with Gasteiger partial charge in [0.15, 0.2) is 0 Å². The minimum atomic E-state index is -0.431. The molecule has 4 heteroatoms. The first-order valence-corrected chi connectivity index (χ1v) is 6.31. The monoisotopic (exact) mass is 282 g/mol. The summed E-state index contributed by atoms with van der Waals surface area (Å²) < 4.78 is 18.8. The fourth-order valence-electron chi connectivity index (χ4n) is 2.15. The number of halogens is 3. The molecule has 1 nitrogen and oxygen atoms in total. The predicted octanol–water partition coefficient (Wildman–Crippen LogP) is 4.73. The molecule has 92 valence electrons. The van der Waals surface area contributed by atoms with E-state index in [0.717, 1.165) is 28.9 Å². The lowest BCUT2D eigenvalue weighted by Gasteiger charge is -2.09. The zero-order valence-corrected chi connectivity index (χ0v) is 10.9. The van der Waals surface area contributed by atoms with Crippen LogP contribution in [0.1, 0.15) is 5.56 Å². The van der Waals surface area contributed by atoms with Gasteiger partial charge in [-0.3, -0.25) is 0 Å². The molecule has 0 spiro atoms. The second kappa shape index (κ2) is 4.45. The van der Waals surface area contributed by atoms with Crippen molar-refractivity contribution in [2.24, 2.45) is 0 Å². The van der Waals surface area contributed by atoms with E-state index in [1.165, 1.54) is 6.07 Å². The van der Waals surface area contributed by atoms with Crippen LogP contribution in [-0.2, 0) is 6.42 Å². The lowest BCUT2D eigenvalue weighted by atomic mass is 10.0. The van der Waals surface area contributed by atoms with E-state index in [4.69, 9.17) is 27.9 Å². The molecule has 0 radical (unpaired) electrons. The minimum absolute atomic E-state index is 0.0965. The van der Waals surface area contributed by atoms with Crippen molar-refractivity contribution in [2.75, 3.05) is 6.61 Å². The molecule has 0 unspecified atom stereocenters. The van der Waals surface area contributed by atoms with Crippen LogP contribution >= 0.6 is 23.2 Å². The van der Waals surface area contributed by atoms with Crippen molar-refractivity contribution in [3.63, 3.8) is 0 Å². The molecule has 1 heterocycles. The Labute approximate surface area is 114 Å². The third-order valence-corrected chi connectivity index (χ3v) is 3.49. The van der Waals surface area contributed by atoms with E-state index >= 15 is 0 Å². The second-order valence-electron chi connectivity index (χ2n) is 4.17. The van der Waals surface area contributed by atoms with Gasteiger partial charge in [0.1, 0.15) is 11.6 Å². The van der Waals surface area contributed by atoms with Gasteiger partial charge in [0.05, 0.1) is 11.6 Å². The summed E-state index contributed by atoms with van der Waals surface area (Å²) in [5.74, 6) is 0.391. The van der Waals surface area contributed by atoms with Gasteiger partial charge in [0.25, 0.3) is 0 Å². The SMILES string of the molecule is Fc1ccc(-c2cc(Cl)cc3c2OCC3)cc1Cl. The Morgan fingerprint density at radius 3 is 2.72 bits per heavy atom. The van der Waals surface area contributed by atoms with Gasteiger partial charge in [-0.2, -0.15) is 0 Å². The summed E-state index contributed by atoms with van der Waals surface area (Å²) in [6.07, 6.45) is 0.845. The molecule has 0 atom stereocenters. The highest BCUT2D eigenvalue weighted by Gasteiger charge is 2.19. The number of hydrogen-bond acceptors (Lipinski definition) is 1. The maximum absolute atomic E-state index is 13.2. The van der Waals surface area contributed by atoms with Crippen LogP contribution in [0.15, 0.2) is 30.3 Å². The van der Waals surface area contributed by atoms with Crippen LogP contribution in [-0.4, -0.2) is 6.61 Å². The van der Waals surface area contributed by atoms with Gasteiger partial charge in [0.2, 0.25) is 0 Å². The Bertz CT molecular complexity index is 625. The molecular formula is C14H9Cl2FO. The molecular weight excluding hydrogens is 274 g/mol. The molecule has 2 aromatic rings. The summed E-state index contributed by atoms with van der Waals surface area (Å²) in [4.78, 5) is 0. The molecule has 3 rings (SSSR count). The lowest BCUT2D eigenvalue weighted by molar-refractivity contribution is 0.358. The Hall–Kier alpha value is -1.25. The van der Waals surface area contributed by atoms with E-state index in [2.05, 4.69) is 0 Å². The fraction of sp³-hybridized carbons (Fsp3) is 0.143. The number of hydrogen-bond donors (Lipinski definition) is 0. The van der Waals surface area contributed by atoms with Crippen LogP contribution < -0.4 is 4.74 Å². The average Bonchev–Trinajstić information content (AvgIpc) is 2.79. The van der Waals surface area contributed by atoms with Crippen molar-refractivity contribution >= 4 is 23.2 Å². The zero-order chi connectivity index (χ0) is 12.7. The molecule has 0 saturated carbocycles. The van der Waals surface area contributed by atoms with E-state index in [0.29, 0.717) is 11.6 Å². The highest BCUT2D eigenvalue weighted by Crippen LogP contribution is 2.40. The lowest BCUT2D eigenvalue weighted by Crippen LogP contribution is -1.89. The first kappa shape index (κ1) is 11.8. The first-order valence-electron chi connectivity index (χ1n) is 5.56. The summed E-state index contributed by atoms with van der Waals surface area (Å²) in [5.41, 5.74) is 2.75. The number of ether oxygens (including phenoxy) is 1. The summed E-state index contributed by atoms with van der Waals surface area (Å²) in [7, 11) is 0. The standard InChI is InChI=1S/C14H9Cl2FO/c15-10-5-9-3-4-18-14(9)11(7-10)8-1-2-13(17)12(16)6-8/h1-2,5-7H,3-4H2. The largest absolute Gasteiger partial charge is 0.492 e. The molecule has 1 aliphatic heterocycles. The topological polar surface area (TPSA) is 9.23 Å². The van der Waals surface area contributed by atoms with E-state index < -0.39 is 5.82 Å². The minimum Gasteiger partial charge on any atom is -0.492 e. The van der Waals surface area contributed by atoms with E-state index in [9.17, 15) is 4.39 Å². The van der Waals surface area contributed by atoms with E-state index in [1.54, 1.807) is 12.1 Å². The smallest absolute Gasteiger partial charge is 0.141 e. The molecule has 0 bridgehead atoms. The highest BCUT2D eigenvalue weighted by atomic mass is 35.5. The van der Waals surface area contributed by atoms with Crippen molar-refractivity contribution < 1.29 is 9.13 Å². The zero-order valence-electron chi connectivity index (χ0n) is 9.34. The molecule has 0 saturated heterocycles. The first-order chi connectivity index (χ1) is 8.65. The molecule has 0 fully saturated rings. The Morgan fingerprint density at radius 2 is 1.94 bits per heavy atom. The third kappa shape index (κ3) is 1.96. The van der Waals surface area contributed by atoms with Crippen molar-refractivity contribution in [3.05, 3.63) is 51.8 Å². The molecule has 0 N–H and O–H groups in total. The second-order valence-corrected chi connectivity index (χ2v) is 5.01. The van der Waals surface area contributed by atoms with Crippen molar-refractivity contribution in [1.29, 1.82) is 0 Å². The van der Waals surface area contributed by atoms with Gasteiger partial charge in [-0.1, -0.05) is 29.3 Å². The molecule has 0 aliphatic carbocycles. The molecule has 0 aromatic heterocycles. The van der Waals surface area contributed by atoms with Crippen LogP contribution in [0.3, 0.4) is 0 Å². The molecule has 1 aliphatic rings. The number of benzene rings is 2. The molecule has 18 heavy (non-hydrogen) atoms. The Kier molecular flexibility index (Phi) is 2.92. The quantitative estimate of drug-likeness (QED) is 0.734. The van der Waals surface area contributed by atoms with E-state index in [1.807, 2.05) is 12.1 Å². The maximum Gasteiger partial charge on any atom is 0.141 e. The Balaban J connectivity index is 2.19. The van der Waals surface area contributed by atoms with Crippen LogP contribution in [0.2, 0.25) is 10.0 Å². The normalized spacial score (nSPS) is 13.3. The van der Waals surface area contributed by atoms with Crippen molar-refractivity contribution in [3.8, 4) is 16.9 Å². The predicted molar refractivity (Wildman–Crippen MR) is 71.1 cm³/mol. The summed E-state index contributed by atoms with van der Waals surface area (Å²) in [6, 6.07) is 8.33. The van der Waals surface area contributed by atoms with Crippen molar-refractivity contribution in [1.82, 2.24) is 0 Å². The van der Waals surface area contributed by atoms with E-state index in [-0.39, 0.29) is 5.02 Å². The van der Waals surface area contributed by atoms with Gasteiger partial charge >= 0.3 is 0 Å². The van der Waals surface area contributed by atoms with Gasteiger partial charge in [0, 0.05) is 17.0 Å². The van der Waals surface area contributed by atoms with Gasteiger partial charge in [-0.05, 0) is 35.4 Å². The molecule has 0 amide bonds. The van der Waals surface area contributed by atoms with Crippen LogP contribution in [0, 0.1) is 5.82 Å². The number of fused-ring (bicyclic) bond motifs is 1. The highest BCUT2D eigenvalue weighted by molar-refractivity contribution is 6.31. The van der Waals surface area contributed by atoms with Gasteiger partial charge in [-0.15, -0.1) is 0 Å². The van der Waals surface area contributed by atoms with Crippen LogP contribution in [0.4, 0.5) is 4.39 Å². The maximum atomic E-state index is 13.2. The summed E-state index contributed by atoms with van der Waals surface area (Å²) in [6.45, 7) is 0.650. The van der Waals surface area contributed by atoms with Gasteiger partial charge in [-0.25, -0.2) is 4.39 Å². The fourth-order valence-corrected chi connectivity index (χ4v) is 2.57. The van der Waals surface area contributed by atoms with Crippen molar-refractivity contribution in [2.45, 2.75) is 6.42 Å². The number of rotatable bonds is 1. The Morgan fingerprint density at radius 1 is 1.11 bits per heavy atom.